The highest BCUT2D eigenvalue weighted by Gasteiger charge is 2.33. The van der Waals surface area contributed by atoms with E-state index in [2.05, 4.69) is 27.3 Å². The van der Waals surface area contributed by atoms with E-state index >= 15 is 0 Å². The lowest BCUT2D eigenvalue weighted by atomic mass is 9.94. The van der Waals surface area contributed by atoms with Crippen LogP contribution in [0.3, 0.4) is 0 Å². The maximum atomic E-state index is 4.39. The predicted molar refractivity (Wildman–Crippen MR) is 68.9 cm³/mol. The van der Waals surface area contributed by atoms with E-state index < -0.39 is 0 Å². The van der Waals surface area contributed by atoms with Gasteiger partial charge in [0, 0.05) is 44.0 Å². The van der Waals surface area contributed by atoms with Crippen LogP contribution in [0.25, 0.3) is 0 Å². The van der Waals surface area contributed by atoms with Gasteiger partial charge in [-0.05, 0) is 37.4 Å². The summed E-state index contributed by atoms with van der Waals surface area (Å²) in [7, 11) is 0. The Morgan fingerprint density at radius 2 is 2.35 bits per heavy atom. The average Bonchev–Trinajstić information content (AvgIpc) is 2.80. The number of likely N-dealkylation sites (tertiary alicyclic amines) is 1. The topological polar surface area (TPSA) is 28.2 Å². The van der Waals surface area contributed by atoms with Crippen molar-refractivity contribution in [3.05, 3.63) is 30.1 Å². The van der Waals surface area contributed by atoms with E-state index in [-0.39, 0.29) is 0 Å². The zero-order valence-corrected chi connectivity index (χ0v) is 10.3. The summed E-state index contributed by atoms with van der Waals surface area (Å²) in [5.74, 6) is 0.896. The van der Waals surface area contributed by atoms with Gasteiger partial charge < -0.3 is 10.2 Å². The van der Waals surface area contributed by atoms with Crippen molar-refractivity contribution in [3.63, 3.8) is 0 Å². The minimum Gasteiger partial charge on any atom is -0.312 e. The highest BCUT2D eigenvalue weighted by molar-refractivity contribution is 5.04. The molecule has 1 aromatic heterocycles. The molecule has 0 bridgehead atoms. The van der Waals surface area contributed by atoms with Crippen molar-refractivity contribution in [2.45, 2.75) is 25.3 Å². The first-order valence-electron chi connectivity index (χ1n) is 6.77. The van der Waals surface area contributed by atoms with Gasteiger partial charge in [-0.1, -0.05) is 6.07 Å². The lowest BCUT2D eigenvalue weighted by Gasteiger charge is -2.24. The number of nitrogens with zero attached hydrogens (tertiary/aromatic N) is 2. The Balaban J connectivity index is 1.50. The molecule has 0 unspecified atom stereocenters. The summed E-state index contributed by atoms with van der Waals surface area (Å²) in [6.45, 7) is 4.89. The third kappa shape index (κ3) is 2.67. The Morgan fingerprint density at radius 3 is 3.18 bits per heavy atom. The van der Waals surface area contributed by atoms with Crippen molar-refractivity contribution in [1.29, 1.82) is 0 Å². The quantitative estimate of drug-likeness (QED) is 0.850. The van der Waals surface area contributed by atoms with E-state index in [0.29, 0.717) is 0 Å². The van der Waals surface area contributed by atoms with Gasteiger partial charge in [-0.2, -0.15) is 0 Å². The van der Waals surface area contributed by atoms with Crippen molar-refractivity contribution in [1.82, 2.24) is 15.2 Å². The van der Waals surface area contributed by atoms with Crippen molar-refractivity contribution >= 4 is 0 Å². The molecule has 0 radical (unpaired) electrons. The Morgan fingerprint density at radius 1 is 1.35 bits per heavy atom. The maximum absolute atomic E-state index is 4.39. The monoisotopic (exact) mass is 231 g/mol. The molecule has 2 saturated heterocycles. The number of rotatable bonds is 3. The summed E-state index contributed by atoms with van der Waals surface area (Å²) < 4.78 is 0. The number of piperidine rings is 1. The molecule has 3 heterocycles. The molecule has 0 amide bonds. The van der Waals surface area contributed by atoms with E-state index in [9.17, 15) is 0 Å². The van der Waals surface area contributed by atoms with Gasteiger partial charge in [0.1, 0.15) is 0 Å². The summed E-state index contributed by atoms with van der Waals surface area (Å²) in [6.07, 6.45) is 5.74. The molecule has 1 aromatic rings. The number of aromatic nitrogens is 1. The van der Waals surface area contributed by atoms with Gasteiger partial charge in [0.25, 0.3) is 0 Å². The lowest BCUT2D eigenvalue weighted by Crippen LogP contribution is -2.40. The number of hydrogen-bond donors (Lipinski definition) is 1. The van der Waals surface area contributed by atoms with Crippen LogP contribution < -0.4 is 5.32 Å². The van der Waals surface area contributed by atoms with Gasteiger partial charge in [-0.3, -0.25) is 4.98 Å². The van der Waals surface area contributed by atoms with Crippen molar-refractivity contribution < 1.29 is 0 Å². The normalized spacial score (nSPS) is 29.2. The van der Waals surface area contributed by atoms with Crippen LogP contribution in [0.2, 0.25) is 0 Å². The zero-order chi connectivity index (χ0) is 11.5. The van der Waals surface area contributed by atoms with Gasteiger partial charge in [-0.15, -0.1) is 0 Å². The van der Waals surface area contributed by atoms with Crippen LogP contribution in [0.5, 0.6) is 0 Å². The van der Waals surface area contributed by atoms with E-state index in [1.807, 2.05) is 12.3 Å². The molecular weight excluding hydrogens is 210 g/mol. The van der Waals surface area contributed by atoms with E-state index in [4.69, 9.17) is 0 Å². The molecule has 0 spiro atoms. The first kappa shape index (κ1) is 11.2. The first-order chi connectivity index (χ1) is 8.42. The highest BCUT2D eigenvalue weighted by Crippen LogP contribution is 2.24. The molecule has 2 fully saturated rings. The van der Waals surface area contributed by atoms with Crippen LogP contribution in [0.4, 0.5) is 0 Å². The molecule has 3 nitrogen and oxygen atoms in total. The second kappa shape index (κ2) is 5.15. The fraction of sp³-hybridized carbons (Fsp3) is 0.643. The number of hydrogen-bond acceptors (Lipinski definition) is 3. The van der Waals surface area contributed by atoms with E-state index in [0.717, 1.165) is 24.9 Å². The summed E-state index contributed by atoms with van der Waals surface area (Å²) in [5, 5.41) is 3.65. The largest absolute Gasteiger partial charge is 0.312 e. The molecule has 1 N–H and O–H groups in total. The van der Waals surface area contributed by atoms with Crippen LogP contribution in [-0.4, -0.2) is 42.1 Å². The Bertz CT molecular complexity index is 338. The van der Waals surface area contributed by atoms with Crippen LogP contribution in [0.15, 0.2) is 24.4 Å². The van der Waals surface area contributed by atoms with Crippen molar-refractivity contribution in [3.8, 4) is 0 Å². The van der Waals surface area contributed by atoms with Crippen LogP contribution >= 0.6 is 0 Å². The fourth-order valence-corrected chi connectivity index (χ4v) is 3.14. The standard InChI is InChI=1S/C14H21N3/c1-2-7-15-13(5-1)6-9-17-10-12-4-3-8-16-14(12)11-17/h1-2,5,7,12,14,16H,3-4,6,8-11H2/t12-,14+/m0/s1. The molecule has 3 heteroatoms. The second-order valence-electron chi connectivity index (χ2n) is 5.29. The smallest absolute Gasteiger partial charge is 0.0416 e. The zero-order valence-electron chi connectivity index (χ0n) is 10.3. The summed E-state index contributed by atoms with van der Waals surface area (Å²) in [5.41, 5.74) is 1.22. The number of pyridine rings is 1. The molecule has 2 atom stereocenters. The minimum atomic E-state index is 0.757. The Kier molecular flexibility index (Phi) is 3.39. The molecule has 0 aliphatic carbocycles. The molecular formula is C14H21N3. The molecule has 3 rings (SSSR count). The summed E-state index contributed by atoms with van der Waals surface area (Å²) >= 11 is 0. The van der Waals surface area contributed by atoms with Crippen molar-refractivity contribution in [2.24, 2.45) is 5.92 Å². The predicted octanol–water partition coefficient (Wildman–Crippen LogP) is 1.31. The second-order valence-corrected chi connectivity index (χ2v) is 5.29. The van der Waals surface area contributed by atoms with Crippen molar-refractivity contribution in [2.75, 3.05) is 26.2 Å². The lowest BCUT2D eigenvalue weighted by molar-refractivity contribution is 0.321. The van der Waals surface area contributed by atoms with E-state index in [1.165, 1.54) is 38.2 Å². The third-order valence-electron chi connectivity index (χ3n) is 4.09. The molecule has 0 aromatic carbocycles. The summed E-state index contributed by atoms with van der Waals surface area (Å²) in [6, 6.07) is 6.94. The van der Waals surface area contributed by atoms with Gasteiger partial charge in [0.15, 0.2) is 0 Å². The SMILES string of the molecule is c1ccc(CCN2C[C@@H]3CCCN[C@@H]3C2)nc1. The van der Waals surface area contributed by atoms with Crippen LogP contribution in [0.1, 0.15) is 18.5 Å². The number of nitrogens with one attached hydrogen (secondary N) is 1. The van der Waals surface area contributed by atoms with Gasteiger partial charge in [-0.25, -0.2) is 0 Å². The minimum absolute atomic E-state index is 0.757. The molecule has 17 heavy (non-hydrogen) atoms. The average molecular weight is 231 g/mol. The van der Waals surface area contributed by atoms with Gasteiger partial charge in [0.05, 0.1) is 0 Å². The van der Waals surface area contributed by atoms with Crippen LogP contribution in [-0.2, 0) is 6.42 Å². The van der Waals surface area contributed by atoms with Gasteiger partial charge >= 0.3 is 0 Å². The molecule has 2 aliphatic heterocycles. The maximum Gasteiger partial charge on any atom is 0.0416 e. The number of fused-ring (bicyclic) bond motifs is 1. The summed E-state index contributed by atoms with van der Waals surface area (Å²) in [4.78, 5) is 6.99. The van der Waals surface area contributed by atoms with E-state index in [1.54, 1.807) is 0 Å². The third-order valence-corrected chi connectivity index (χ3v) is 4.09. The van der Waals surface area contributed by atoms with Crippen LogP contribution in [0, 0.1) is 5.92 Å². The Hall–Kier alpha value is -0.930. The van der Waals surface area contributed by atoms with Gasteiger partial charge in [0.2, 0.25) is 0 Å². The molecule has 2 aliphatic rings. The highest BCUT2D eigenvalue weighted by atomic mass is 15.2. The fourth-order valence-electron chi connectivity index (χ4n) is 3.14. The first-order valence-corrected chi connectivity index (χ1v) is 6.77. The Labute approximate surface area is 103 Å². The molecule has 0 saturated carbocycles. The molecule has 92 valence electrons.